The zero-order valence-electron chi connectivity index (χ0n) is 10.7. The number of benzene rings is 1. The molecule has 5 nitrogen and oxygen atoms in total. The lowest BCUT2D eigenvalue weighted by molar-refractivity contribution is 0.0521. The van der Waals surface area contributed by atoms with Crippen LogP contribution in [0.4, 0.5) is 5.82 Å². The van der Waals surface area contributed by atoms with Crippen LogP contribution < -0.4 is 5.73 Å². The first-order valence-electron chi connectivity index (χ1n) is 5.81. The first-order valence-corrected chi connectivity index (χ1v) is 6.18. The van der Waals surface area contributed by atoms with Gasteiger partial charge in [0, 0.05) is 0 Å². The smallest absolute Gasteiger partial charge is 0.360 e. The summed E-state index contributed by atoms with van der Waals surface area (Å²) in [6.07, 6.45) is 1.46. The van der Waals surface area contributed by atoms with E-state index in [0.29, 0.717) is 10.7 Å². The molecule has 0 radical (unpaired) electrons. The fraction of sp³-hybridized carbons (Fsp3) is 0.231. The molecule has 0 unspecified atom stereocenters. The maximum atomic E-state index is 11.6. The van der Waals surface area contributed by atoms with E-state index in [4.69, 9.17) is 22.1 Å². The standard InChI is InChI=1S/C13H14ClN3O2/c1-3-19-13(18)11-12(15)17(7-16-11)10-5-4-8(2)6-9(10)14/h4-7H,3,15H2,1-2H3. The summed E-state index contributed by atoms with van der Waals surface area (Å²) in [6, 6.07) is 5.55. The number of carbonyl (C=O) groups is 1. The molecule has 0 atom stereocenters. The van der Waals surface area contributed by atoms with Gasteiger partial charge >= 0.3 is 5.97 Å². The molecule has 0 aliphatic rings. The van der Waals surface area contributed by atoms with Crippen LogP contribution in [-0.4, -0.2) is 22.1 Å². The van der Waals surface area contributed by atoms with Crippen LogP contribution in [-0.2, 0) is 4.74 Å². The molecule has 0 bridgehead atoms. The average Bonchev–Trinajstić information content (AvgIpc) is 2.72. The van der Waals surface area contributed by atoms with Crippen LogP contribution in [0.5, 0.6) is 0 Å². The minimum atomic E-state index is -0.540. The first kappa shape index (κ1) is 13.4. The Hall–Kier alpha value is -2.01. The van der Waals surface area contributed by atoms with Crippen LogP contribution in [0.3, 0.4) is 0 Å². The van der Waals surface area contributed by atoms with Crippen LogP contribution >= 0.6 is 11.6 Å². The van der Waals surface area contributed by atoms with Gasteiger partial charge in [-0.15, -0.1) is 0 Å². The van der Waals surface area contributed by atoms with Gasteiger partial charge in [-0.2, -0.15) is 0 Å². The second-order valence-corrected chi connectivity index (χ2v) is 4.43. The number of hydrogen-bond acceptors (Lipinski definition) is 4. The van der Waals surface area contributed by atoms with E-state index in [1.165, 1.54) is 6.33 Å². The van der Waals surface area contributed by atoms with Gasteiger partial charge in [0.25, 0.3) is 0 Å². The van der Waals surface area contributed by atoms with Gasteiger partial charge in [-0.3, -0.25) is 4.57 Å². The molecule has 2 aromatic rings. The lowest BCUT2D eigenvalue weighted by atomic mass is 10.2. The SMILES string of the molecule is CCOC(=O)c1ncn(-c2ccc(C)cc2Cl)c1N. The fourth-order valence-electron chi connectivity index (χ4n) is 1.71. The number of nitrogens with two attached hydrogens (primary N) is 1. The summed E-state index contributed by atoms with van der Waals surface area (Å²) in [5, 5.41) is 0.541. The Morgan fingerprint density at radius 1 is 1.53 bits per heavy atom. The highest BCUT2D eigenvalue weighted by Gasteiger charge is 2.18. The molecule has 0 spiro atoms. The van der Waals surface area contributed by atoms with Gasteiger partial charge in [-0.1, -0.05) is 17.7 Å². The molecule has 2 rings (SSSR count). The third-order valence-corrected chi connectivity index (χ3v) is 2.94. The van der Waals surface area contributed by atoms with Crippen molar-refractivity contribution in [1.82, 2.24) is 9.55 Å². The van der Waals surface area contributed by atoms with Crippen molar-refractivity contribution in [3.8, 4) is 5.69 Å². The first-order chi connectivity index (χ1) is 9.04. The van der Waals surface area contributed by atoms with Crippen molar-refractivity contribution in [3.05, 3.63) is 40.8 Å². The Morgan fingerprint density at radius 2 is 2.26 bits per heavy atom. The molecule has 0 aliphatic heterocycles. The number of nitrogens with zero attached hydrogens (tertiary/aromatic N) is 2. The normalized spacial score (nSPS) is 10.5. The summed E-state index contributed by atoms with van der Waals surface area (Å²) in [5.41, 5.74) is 7.72. The van der Waals surface area contributed by atoms with Crippen molar-refractivity contribution >= 4 is 23.4 Å². The molecule has 6 heteroatoms. The molecule has 0 fully saturated rings. The third-order valence-electron chi connectivity index (χ3n) is 2.64. The zero-order chi connectivity index (χ0) is 14.0. The van der Waals surface area contributed by atoms with E-state index in [0.717, 1.165) is 5.56 Å². The largest absolute Gasteiger partial charge is 0.461 e. The fourth-order valence-corrected chi connectivity index (χ4v) is 2.04. The molecule has 19 heavy (non-hydrogen) atoms. The number of imidazole rings is 1. The number of aromatic nitrogens is 2. The Balaban J connectivity index is 2.44. The number of halogens is 1. The Labute approximate surface area is 116 Å². The molecule has 0 saturated heterocycles. The maximum Gasteiger partial charge on any atom is 0.360 e. The van der Waals surface area contributed by atoms with E-state index in [1.54, 1.807) is 11.5 Å². The number of hydrogen-bond donors (Lipinski definition) is 1. The van der Waals surface area contributed by atoms with Crippen LogP contribution in [0.15, 0.2) is 24.5 Å². The monoisotopic (exact) mass is 279 g/mol. The molecular weight excluding hydrogens is 266 g/mol. The Kier molecular flexibility index (Phi) is 3.76. The number of nitrogen functional groups attached to an aromatic ring is 1. The van der Waals surface area contributed by atoms with Crippen LogP contribution in [0.1, 0.15) is 23.0 Å². The minimum Gasteiger partial charge on any atom is -0.461 e. The van der Waals surface area contributed by atoms with Gasteiger partial charge in [0.2, 0.25) is 0 Å². The highest BCUT2D eigenvalue weighted by Crippen LogP contribution is 2.25. The van der Waals surface area contributed by atoms with Gasteiger partial charge in [0.15, 0.2) is 5.69 Å². The van der Waals surface area contributed by atoms with Gasteiger partial charge < -0.3 is 10.5 Å². The number of esters is 1. The highest BCUT2D eigenvalue weighted by atomic mass is 35.5. The van der Waals surface area contributed by atoms with E-state index >= 15 is 0 Å². The van der Waals surface area contributed by atoms with Gasteiger partial charge in [0.05, 0.1) is 17.3 Å². The number of carbonyl (C=O) groups excluding carboxylic acids is 1. The van der Waals surface area contributed by atoms with Crippen molar-refractivity contribution in [3.63, 3.8) is 0 Å². The molecule has 100 valence electrons. The second kappa shape index (κ2) is 5.32. The topological polar surface area (TPSA) is 70.1 Å². The van der Waals surface area contributed by atoms with E-state index < -0.39 is 5.97 Å². The van der Waals surface area contributed by atoms with Crippen molar-refractivity contribution in [1.29, 1.82) is 0 Å². The summed E-state index contributed by atoms with van der Waals surface area (Å²) < 4.78 is 6.44. The number of anilines is 1. The second-order valence-electron chi connectivity index (χ2n) is 4.02. The summed E-state index contributed by atoms with van der Waals surface area (Å²) in [5.74, 6) is -0.328. The Morgan fingerprint density at radius 3 is 2.89 bits per heavy atom. The molecule has 0 aliphatic carbocycles. The zero-order valence-corrected chi connectivity index (χ0v) is 11.4. The van der Waals surface area contributed by atoms with Gasteiger partial charge in [0.1, 0.15) is 12.1 Å². The highest BCUT2D eigenvalue weighted by molar-refractivity contribution is 6.32. The summed E-state index contributed by atoms with van der Waals surface area (Å²) in [4.78, 5) is 15.6. The van der Waals surface area contributed by atoms with E-state index in [2.05, 4.69) is 4.98 Å². The van der Waals surface area contributed by atoms with E-state index in [9.17, 15) is 4.79 Å². The van der Waals surface area contributed by atoms with Crippen LogP contribution in [0.25, 0.3) is 5.69 Å². The lowest BCUT2D eigenvalue weighted by Gasteiger charge is -2.08. The summed E-state index contributed by atoms with van der Waals surface area (Å²) in [7, 11) is 0. The predicted molar refractivity (Wildman–Crippen MR) is 73.7 cm³/mol. The predicted octanol–water partition coefficient (Wildman–Crippen LogP) is 2.59. The van der Waals surface area contributed by atoms with Crippen molar-refractivity contribution in [2.75, 3.05) is 12.3 Å². The lowest BCUT2D eigenvalue weighted by Crippen LogP contribution is -2.09. The molecule has 1 heterocycles. The minimum absolute atomic E-state index is 0.0958. The number of rotatable bonds is 3. The van der Waals surface area contributed by atoms with Crippen molar-refractivity contribution in [2.45, 2.75) is 13.8 Å². The number of aryl methyl sites for hydroxylation is 1. The summed E-state index contributed by atoms with van der Waals surface area (Å²) >= 11 is 6.17. The molecular formula is C13H14ClN3O2. The van der Waals surface area contributed by atoms with E-state index in [1.807, 2.05) is 25.1 Å². The van der Waals surface area contributed by atoms with Crippen LogP contribution in [0, 0.1) is 6.92 Å². The molecule has 1 aromatic carbocycles. The molecule has 2 N–H and O–H groups in total. The molecule has 0 saturated carbocycles. The quantitative estimate of drug-likeness (QED) is 0.877. The van der Waals surface area contributed by atoms with Crippen molar-refractivity contribution < 1.29 is 9.53 Å². The number of ether oxygens (including phenoxy) is 1. The van der Waals surface area contributed by atoms with E-state index in [-0.39, 0.29) is 18.1 Å². The Bertz CT molecular complexity index is 622. The maximum absolute atomic E-state index is 11.6. The molecule has 0 amide bonds. The third kappa shape index (κ3) is 2.56. The van der Waals surface area contributed by atoms with Crippen LogP contribution in [0.2, 0.25) is 5.02 Å². The van der Waals surface area contributed by atoms with Gasteiger partial charge in [-0.25, -0.2) is 9.78 Å². The average molecular weight is 280 g/mol. The van der Waals surface area contributed by atoms with Gasteiger partial charge in [-0.05, 0) is 31.5 Å². The van der Waals surface area contributed by atoms with Crippen molar-refractivity contribution in [2.24, 2.45) is 0 Å². The molecule has 1 aromatic heterocycles. The summed E-state index contributed by atoms with van der Waals surface area (Å²) in [6.45, 7) is 3.94.